The Morgan fingerprint density at radius 3 is 2.75 bits per heavy atom. The zero-order chi connectivity index (χ0) is 16.7. The van der Waals surface area contributed by atoms with E-state index < -0.39 is 0 Å². The molecule has 0 bridgehead atoms. The van der Waals surface area contributed by atoms with E-state index in [0.29, 0.717) is 6.04 Å². The topological polar surface area (TPSA) is 49.3 Å². The fourth-order valence-electron chi connectivity index (χ4n) is 4.15. The first-order valence-corrected chi connectivity index (χ1v) is 8.99. The molecule has 1 atom stereocenters. The number of nitrogens with zero attached hydrogens (tertiary/aromatic N) is 4. The van der Waals surface area contributed by atoms with E-state index in [-0.39, 0.29) is 11.9 Å². The Morgan fingerprint density at radius 1 is 1.29 bits per heavy atom. The number of allylic oxidation sites excluding steroid dienone is 4. The number of rotatable bonds is 3. The first-order valence-electron chi connectivity index (χ1n) is 8.99. The highest BCUT2D eigenvalue weighted by Gasteiger charge is 2.41. The Kier molecular flexibility index (Phi) is 3.87. The molecule has 2 aliphatic carbocycles. The molecule has 1 fully saturated rings. The largest absolute Gasteiger partial charge is 0.340 e. The zero-order valence-electron chi connectivity index (χ0n) is 14.4. The molecule has 1 saturated carbocycles. The van der Waals surface area contributed by atoms with Crippen molar-refractivity contribution in [2.24, 2.45) is 0 Å². The molecule has 2 heterocycles. The number of carbonyl (C=O) groups excluding carboxylic acids is 1. The number of carbonyl (C=O) groups is 1. The summed E-state index contributed by atoms with van der Waals surface area (Å²) in [6.07, 6.45) is 14.5. The molecule has 0 aromatic carbocycles. The number of fused-ring (bicyclic) bond motifs is 1. The molecule has 126 valence electrons. The minimum atomic E-state index is -0.107. The van der Waals surface area contributed by atoms with Gasteiger partial charge in [0.15, 0.2) is 11.6 Å². The van der Waals surface area contributed by atoms with Gasteiger partial charge in [-0.05, 0) is 25.7 Å². The van der Waals surface area contributed by atoms with Gasteiger partial charge in [0.2, 0.25) is 5.91 Å². The highest BCUT2D eigenvalue weighted by molar-refractivity contribution is 6.04. The van der Waals surface area contributed by atoms with Crippen molar-refractivity contribution in [2.75, 3.05) is 16.8 Å². The van der Waals surface area contributed by atoms with Crippen LogP contribution in [0.4, 0.5) is 11.5 Å². The van der Waals surface area contributed by atoms with Crippen molar-refractivity contribution in [2.45, 2.75) is 57.5 Å². The minimum absolute atomic E-state index is 0.107. The van der Waals surface area contributed by atoms with Gasteiger partial charge in [-0.1, -0.05) is 38.0 Å². The molecule has 0 radical (unpaired) electrons. The Bertz CT molecular complexity index is 718. The monoisotopic (exact) mass is 324 g/mol. The molecular formula is C19H24N4O. The third kappa shape index (κ3) is 2.34. The van der Waals surface area contributed by atoms with Crippen LogP contribution >= 0.6 is 0 Å². The second kappa shape index (κ2) is 6.04. The average Bonchev–Trinajstić information content (AvgIpc) is 3.30. The summed E-state index contributed by atoms with van der Waals surface area (Å²) in [5.41, 5.74) is 1.99. The van der Waals surface area contributed by atoms with Crippen LogP contribution in [0.25, 0.3) is 5.57 Å². The van der Waals surface area contributed by atoms with Gasteiger partial charge in [0.05, 0.1) is 6.20 Å². The SMILES string of the molecule is CC[C@@H]1C(=O)N(C)c2cnc(C3=CC=CC3)nc2N1C1CCCC1. The summed E-state index contributed by atoms with van der Waals surface area (Å²) >= 11 is 0. The second-order valence-electron chi connectivity index (χ2n) is 6.89. The van der Waals surface area contributed by atoms with Crippen molar-refractivity contribution in [1.29, 1.82) is 0 Å². The van der Waals surface area contributed by atoms with E-state index >= 15 is 0 Å². The van der Waals surface area contributed by atoms with Gasteiger partial charge in [-0.15, -0.1) is 0 Å². The first-order chi connectivity index (χ1) is 11.7. The quantitative estimate of drug-likeness (QED) is 0.856. The first kappa shape index (κ1) is 15.4. The standard InChI is InChI=1S/C19H24N4O/c1-3-15-19(24)22(2)16-12-20-17(13-8-4-5-9-13)21-18(16)23(15)14-10-6-7-11-14/h4-5,8,12,14-15H,3,6-7,9-11H2,1-2H3/t15-/m1/s1. The lowest BCUT2D eigenvalue weighted by molar-refractivity contribution is -0.120. The number of anilines is 2. The lowest BCUT2D eigenvalue weighted by Crippen LogP contribution is -2.55. The molecule has 1 aliphatic heterocycles. The van der Waals surface area contributed by atoms with Crippen molar-refractivity contribution in [1.82, 2.24) is 9.97 Å². The summed E-state index contributed by atoms with van der Waals surface area (Å²) in [7, 11) is 1.84. The van der Waals surface area contributed by atoms with Crippen LogP contribution in [0.15, 0.2) is 24.4 Å². The summed E-state index contributed by atoms with van der Waals surface area (Å²) in [4.78, 5) is 26.3. The van der Waals surface area contributed by atoms with E-state index in [4.69, 9.17) is 4.98 Å². The molecule has 1 amide bonds. The number of amides is 1. The third-order valence-electron chi connectivity index (χ3n) is 5.47. The van der Waals surface area contributed by atoms with Crippen LogP contribution in [0.2, 0.25) is 0 Å². The second-order valence-corrected chi connectivity index (χ2v) is 6.89. The Hall–Kier alpha value is -2.17. The van der Waals surface area contributed by atoms with E-state index in [1.54, 1.807) is 4.90 Å². The summed E-state index contributed by atoms with van der Waals surface area (Å²) in [6, 6.07) is 0.314. The lowest BCUT2D eigenvalue weighted by Gasteiger charge is -2.43. The lowest BCUT2D eigenvalue weighted by atomic mass is 10.0. The molecule has 5 heteroatoms. The molecular weight excluding hydrogens is 300 g/mol. The summed E-state index contributed by atoms with van der Waals surface area (Å²) in [5, 5.41) is 0. The van der Waals surface area contributed by atoms with Crippen LogP contribution in [0.1, 0.15) is 51.3 Å². The molecule has 0 saturated heterocycles. The maximum absolute atomic E-state index is 12.8. The molecule has 1 aromatic rings. The fraction of sp³-hybridized carbons (Fsp3) is 0.526. The van der Waals surface area contributed by atoms with Crippen molar-refractivity contribution < 1.29 is 4.79 Å². The van der Waals surface area contributed by atoms with Crippen LogP contribution in [0, 0.1) is 0 Å². The molecule has 5 nitrogen and oxygen atoms in total. The van der Waals surface area contributed by atoms with Crippen molar-refractivity contribution in [3.05, 3.63) is 30.2 Å². The van der Waals surface area contributed by atoms with Crippen LogP contribution in [-0.2, 0) is 4.79 Å². The predicted molar refractivity (Wildman–Crippen MR) is 96.0 cm³/mol. The Balaban J connectivity index is 1.81. The third-order valence-corrected chi connectivity index (χ3v) is 5.47. The maximum atomic E-state index is 12.8. The van der Waals surface area contributed by atoms with E-state index in [0.717, 1.165) is 48.6 Å². The Labute approximate surface area is 143 Å². The zero-order valence-corrected chi connectivity index (χ0v) is 14.4. The van der Waals surface area contributed by atoms with E-state index in [2.05, 4.69) is 35.0 Å². The van der Waals surface area contributed by atoms with E-state index in [9.17, 15) is 4.79 Å². The van der Waals surface area contributed by atoms with Gasteiger partial charge in [0.25, 0.3) is 0 Å². The van der Waals surface area contributed by atoms with Crippen LogP contribution in [0.3, 0.4) is 0 Å². The molecule has 0 N–H and O–H groups in total. The summed E-state index contributed by atoms with van der Waals surface area (Å²) < 4.78 is 0. The van der Waals surface area contributed by atoms with E-state index in [1.807, 2.05) is 13.2 Å². The number of hydrogen-bond acceptors (Lipinski definition) is 4. The van der Waals surface area contributed by atoms with Crippen LogP contribution in [-0.4, -0.2) is 35.0 Å². The predicted octanol–water partition coefficient (Wildman–Crippen LogP) is 3.32. The Morgan fingerprint density at radius 2 is 2.08 bits per heavy atom. The van der Waals surface area contributed by atoms with Crippen molar-refractivity contribution in [3.8, 4) is 0 Å². The maximum Gasteiger partial charge on any atom is 0.249 e. The molecule has 1 aromatic heterocycles. The van der Waals surface area contributed by atoms with Gasteiger partial charge in [-0.2, -0.15) is 0 Å². The minimum Gasteiger partial charge on any atom is -0.340 e. The normalized spacial score (nSPS) is 23.8. The van der Waals surface area contributed by atoms with Gasteiger partial charge in [-0.3, -0.25) is 4.79 Å². The highest BCUT2D eigenvalue weighted by Crippen LogP contribution is 2.40. The van der Waals surface area contributed by atoms with Crippen LogP contribution in [0.5, 0.6) is 0 Å². The number of hydrogen-bond donors (Lipinski definition) is 0. The van der Waals surface area contributed by atoms with Crippen LogP contribution < -0.4 is 9.80 Å². The van der Waals surface area contributed by atoms with Crippen molar-refractivity contribution >= 4 is 23.0 Å². The molecule has 0 unspecified atom stereocenters. The average molecular weight is 324 g/mol. The smallest absolute Gasteiger partial charge is 0.249 e. The number of aromatic nitrogens is 2. The van der Waals surface area contributed by atoms with Gasteiger partial charge in [0.1, 0.15) is 11.7 Å². The van der Waals surface area contributed by atoms with E-state index in [1.165, 1.54) is 12.8 Å². The molecule has 0 spiro atoms. The molecule has 4 rings (SSSR count). The van der Waals surface area contributed by atoms with Gasteiger partial charge >= 0.3 is 0 Å². The highest BCUT2D eigenvalue weighted by atomic mass is 16.2. The molecule has 3 aliphatic rings. The molecule has 24 heavy (non-hydrogen) atoms. The van der Waals surface area contributed by atoms with Crippen molar-refractivity contribution in [3.63, 3.8) is 0 Å². The van der Waals surface area contributed by atoms with Gasteiger partial charge in [0, 0.05) is 18.7 Å². The van der Waals surface area contributed by atoms with Gasteiger partial charge in [-0.25, -0.2) is 9.97 Å². The van der Waals surface area contributed by atoms with Gasteiger partial charge < -0.3 is 9.80 Å². The summed E-state index contributed by atoms with van der Waals surface area (Å²) in [5.74, 6) is 1.89. The number of likely N-dealkylation sites (N-methyl/N-ethyl adjacent to an activating group) is 1. The summed E-state index contributed by atoms with van der Waals surface area (Å²) in [6.45, 7) is 2.09. The fourth-order valence-corrected chi connectivity index (χ4v) is 4.15.